The van der Waals surface area contributed by atoms with E-state index in [9.17, 15) is 0 Å². The third kappa shape index (κ3) is 3.99. The summed E-state index contributed by atoms with van der Waals surface area (Å²) in [5, 5.41) is 0. The number of nitrogens with two attached hydrogens (primary N) is 2. The Hall–Kier alpha value is -4.30. The second-order valence-corrected chi connectivity index (χ2v) is 7.95. The van der Waals surface area contributed by atoms with E-state index in [1.54, 1.807) is 0 Å². The van der Waals surface area contributed by atoms with E-state index in [2.05, 4.69) is 84.9 Å². The number of anilines is 2. The first kappa shape index (κ1) is 19.7. The van der Waals surface area contributed by atoms with Gasteiger partial charge < -0.3 is 11.5 Å². The summed E-state index contributed by atoms with van der Waals surface area (Å²) in [5.74, 6) is 0. The lowest BCUT2D eigenvalue weighted by Crippen LogP contribution is -1.91. The predicted molar refractivity (Wildman–Crippen MR) is 137 cm³/mol. The fraction of sp³-hybridized carbons (Fsp3) is 0. The van der Waals surface area contributed by atoms with Crippen molar-refractivity contribution in [2.24, 2.45) is 0 Å². The summed E-state index contributed by atoms with van der Waals surface area (Å²) in [4.78, 5) is 0. The van der Waals surface area contributed by atoms with Crippen molar-refractivity contribution >= 4 is 11.4 Å². The van der Waals surface area contributed by atoms with Crippen LogP contribution < -0.4 is 11.5 Å². The summed E-state index contributed by atoms with van der Waals surface area (Å²) in [6.45, 7) is 0. The zero-order chi connectivity index (χ0) is 21.9. The average Bonchev–Trinajstić information content (AvgIpc) is 2.85. The molecule has 0 unspecified atom stereocenters. The lowest BCUT2D eigenvalue weighted by molar-refractivity contribution is 1.56. The van der Waals surface area contributed by atoms with Gasteiger partial charge in [-0.05, 0) is 74.8 Å². The molecular formula is C30H24N2. The molecule has 154 valence electrons. The van der Waals surface area contributed by atoms with Crippen molar-refractivity contribution in [1.82, 2.24) is 0 Å². The minimum atomic E-state index is 0.757. The lowest BCUT2D eigenvalue weighted by Gasteiger charge is -2.13. The molecule has 5 rings (SSSR count). The van der Waals surface area contributed by atoms with Gasteiger partial charge >= 0.3 is 0 Å². The van der Waals surface area contributed by atoms with Crippen LogP contribution in [0.25, 0.3) is 44.5 Å². The second-order valence-electron chi connectivity index (χ2n) is 7.95. The summed E-state index contributed by atoms with van der Waals surface area (Å²) in [6.07, 6.45) is 0. The quantitative estimate of drug-likeness (QED) is 0.300. The molecule has 0 aliphatic carbocycles. The largest absolute Gasteiger partial charge is 0.399 e. The average molecular weight is 413 g/mol. The number of rotatable bonds is 4. The summed E-state index contributed by atoms with van der Waals surface area (Å²) in [5.41, 5.74) is 22.9. The number of hydrogen-bond acceptors (Lipinski definition) is 2. The van der Waals surface area contributed by atoms with Crippen molar-refractivity contribution in [1.29, 1.82) is 0 Å². The van der Waals surface area contributed by atoms with Gasteiger partial charge in [-0.25, -0.2) is 0 Å². The molecule has 0 fully saturated rings. The molecule has 5 aromatic carbocycles. The van der Waals surface area contributed by atoms with E-state index >= 15 is 0 Å². The molecule has 0 atom stereocenters. The van der Waals surface area contributed by atoms with Crippen LogP contribution in [-0.2, 0) is 0 Å². The van der Waals surface area contributed by atoms with E-state index in [-0.39, 0.29) is 0 Å². The van der Waals surface area contributed by atoms with Crippen molar-refractivity contribution in [3.8, 4) is 44.5 Å². The normalized spacial score (nSPS) is 10.8. The van der Waals surface area contributed by atoms with Gasteiger partial charge in [0.15, 0.2) is 0 Å². The molecule has 32 heavy (non-hydrogen) atoms. The molecule has 5 aromatic rings. The lowest BCUT2D eigenvalue weighted by atomic mass is 9.91. The van der Waals surface area contributed by atoms with E-state index in [4.69, 9.17) is 11.5 Å². The smallest absolute Gasteiger partial charge is 0.0320 e. The van der Waals surface area contributed by atoms with E-state index in [1.807, 2.05) is 36.4 Å². The topological polar surface area (TPSA) is 52.0 Å². The van der Waals surface area contributed by atoms with E-state index in [1.165, 1.54) is 11.1 Å². The minimum absolute atomic E-state index is 0.757. The van der Waals surface area contributed by atoms with Crippen molar-refractivity contribution < 1.29 is 0 Å². The third-order valence-electron chi connectivity index (χ3n) is 5.76. The molecule has 0 aliphatic rings. The standard InChI is InChI=1S/C30H24N2/c31-27-15-13-23(14-16-27)22-9-11-24(12-10-22)29-18-17-28(32)20-30(29)26-8-4-7-25(19-26)21-5-2-1-3-6-21/h1-20H,31-32H2. The van der Waals surface area contributed by atoms with Gasteiger partial charge in [0.25, 0.3) is 0 Å². The predicted octanol–water partition coefficient (Wildman–Crippen LogP) is 7.52. The highest BCUT2D eigenvalue weighted by Gasteiger charge is 2.10. The Kier molecular flexibility index (Phi) is 5.19. The van der Waals surface area contributed by atoms with Gasteiger partial charge in [-0.3, -0.25) is 0 Å². The molecule has 0 saturated heterocycles. The van der Waals surface area contributed by atoms with Crippen LogP contribution in [0.15, 0.2) is 121 Å². The van der Waals surface area contributed by atoms with Gasteiger partial charge in [-0.1, -0.05) is 91.0 Å². The summed E-state index contributed by atoms with van der Waals surface area (Å²) in [7, 11) is 0. The molecule has 0 radical (unpaired) electrons. The van der Waals surface area contributed by atoms with Gasteiger partial charge in [-0.15, -0.1) is 0 Å². The Balaban J connectivity index is 1.55. The van der Waals surface area contributed by atoms with Crippen molar-refractivity contribution in [3.63, 3.8) is 0 Å². The van der Waals surface area contributed by atoms with Crippen LogP contribution in [0.3, 0.4) is 0 Å². The van der Waals surface area contributed by atoms with Gasteiger partial charge in [0.2, 0.25) is 0 Å². The molecule has 0 saturated carbocycles. The maximum absolute atomic E-state index is 6.19. The molecule has 0 aliphatic heterocycles. The Morgan fingerprint density at radius 1 is 0.312 bits per heavy atom. The molecule has 0 aromatic heterocycles. The third-order valence-corrected chi connectivity index (χ3v) is 5.76. The second kappa shape index (κ2) is 8.44. The number of hydrogen-bond donors (Lipinski definition) is 2. The first-order valence-corrected chi connectivity index (χ1v) is 10.7. The van der Waals surface area contributed by atoms with Crippen LogP contribution >= 0.6 is 0 Å². The van der Waals surface area contributed by atoms with Crippen LogP contribution in [-0.4, -0.2) is 0 Å². The molecule has 4 N–H and O–H groups in total. The van der Waals surface area contributed by atoms with E-state index in [0.717, 1.165) is 44.8 Å². The monoisotopic (exact) mass is 412 g/mol. The first-order chi connectivity index (χ1) is 15.7. The first-order valence-electron chi connectivity index (χ1n) is 10.7. The Morgan fingerprint density at radius 3 is 1.56 bits per heavy atom. The van der Waals surface area contributed by atoms with Gasteiger partial charge in [0.1, 0.15) is 0 Å². The fourth-order valence-corrected chi connectivity index (χ4v) is 4.07. The van der Waals surface area contributed by atoms with E-state index in [0.29, 0.717) is 0 Å². The zero-order valence-electron chi connectivity index (χ0n) is 17.7. The Bertz CT molecular complexity index is 1350. The Morgan fingerprint density at radius 2 is 0.844 bits per heavy atom. The molecule has 2 heteroatoms. The molecule has 0 bridgehead atoms. The SMILES string of the molecule is Nc1ccc(-c2ccc(-c3ccc(N)cc3-c3cccc(-c4ccccc4)c3)cc2)cc1. The van der Waals surface area contributed by atoms with Crippen molar-refractivity contribution in [2.45, 2.75) is 0 Å². The summed E-state index contributed by atoms with van der Waals surface area (Å²) < 4.78 is 0. The maximum atomic E-state index is 6.19. The van der Waals surface area contributed by atoms with Gasteiger partial charge in [0.05, 0.1) is 0 Å². The van der Waals surface area contributed by atoms with Crippen molar-refractivity contribution in [2.75, 3.05) is 11.5 Å². The zero-order valence-corrected chi connectivity index (χ0v) is 17.7. The number of nitrogen functional groups attached to an aromatic ring is 2. The minimum Gasteiger partial charge on any atom is -0.399 e. The number of benzene rings is 5. The highest BCUT2D eigenvalue weighted by molar-refractivity contribution is 5.87. The molecule has 2 nitrogen and oxygen atoms in total. The summed E-state index contributed by atoms with van der Waals surface area (Å²) in [6, 6.07) is 41.8. The van der Waals surface area contributed by atoms with Crippen LogP contribution in [0, 0.1) is 0 Å². The summed E-state index contributed by atoms with van der Waals surface area (Å²) >= 11 is 0. The molecular weight excluding hydrogens is 388 g/mol. The Labute approximate surface area is 188 Å². The molecule has 0 heterocycles. The van der Waals surface area contributed by atoms with Gasteiger partial charge in [-0.2, -0.15) is 0 Å². The molecule has 0 spiro atoms. The van der Waals surface area contributed by atoms with Crippen molar-refractivity contribution in [3.05, 3.63) is 121 Å². The van der Waals surface area contributed by atoms with Crippen LogP contribution in [0.4, 0.5) is 11.4 Å². The maximum Gasteiger partial charge on any atom is 0.0320 e. The van der Waals surface area contributed by atoms with Crippen LogP contribution in [0.1, 0.15) is 0 Å². The fourth-order valence-electron chi connectivity index (χ4n) is 4.07. The van der Waals surface area contributed by atoms with Gasteiger partial charge in [0, 0.05) is 11.4 Å². The highest BCUT2D eigenvalue weighted by atomic mass is 14.5. The van der Waals surface area contributed by atoms with Crippen LogP contribution in [0.5, 0.6) is 0 Å². The molecule has 0 amide bonds. The van der Waals surface area contributed by atoms with E-state index < -0.39 is 0 Å². The highest BCUT2D eigenvalue weighted by Crippen LogP contribution is 2.36. The van der Waals surface area contributed by atoms with Crippen LogP contribution in [0.2, 0.25) is 0 Å².